The first-order valence-electron chi connectivity index (χ1n) is 7.21. The lowest BCUT2D eigenvalue weighted by Crippen LogP contribution is -2.16. The highest BCUT2D eigenvalue weighted by atomic mass is 15.1. The maximum Gasteiger partial charge on any atom is 0.0994 e. The van der Waals surface area contributed by atoms with Crippen molar-refractivity contribution < 1.29 is 0 Å². The topological polar surface area (TPSA) is 29.9 Å². The summed E-state index contributed by atoms with van der Waals surface area (Å²) in [6.45, 7) is 4.04. The van der Waals surface area contributed by atoms with E-state index in [0.29, 0.717) is 5.92 Å². The molecule has 1 N–H and O–H groups in total. The summed E-state index contributed by atoms with van der Waals surface area (Å²) in [6, 6.07) is 8.60. The van der Waals surface area contributed by atoms with Crippen LogP contribution < -0.4 is 5.32 Å². The summed E-state index contributed by atoms with van der Waals surface area (Å²) in [5, 5.41) is 3.41. The Labute approximate surface area is 114 Å². The fourth-order valence-corrected chi connectivity index (χ4v) is 2.67. The van der Waals surface area contributed by atoms with Gasteiger partial charge in [0, 0.05) is 24.4 Å². The third-order valence-corrected chi connectivity index (χ3v) is 4.01. The number of benzene rings is 1. The molecule has 3 rings (SSSR count). The molecule has 1 fully saturated rings. The second-order valence-corrected chi connectivity index (χ2v) is 5.23. The van der Waals surface area contributed by atoms with Crippen LogP contribution in [0.1, 0.15) is 43.4 Å². The summed E-state index contributed by atoms with van der Waals surface area (Å²) >= 11 is 0. The zero-order chi connectivity index (χ0) is 13.1. The summed E-state index contributed by atoms with van der Waals surface area (Å²) in [7, 11) is 0. The van der Waals surface area contributed by atoms with Gasteiger partial charge in [-0.05, 0) is 31.0 Å². The second-order valence-electron chi connectivity index (χ2n) is 5.23. The Morgan fingerprint density at radius 1 is 1.32 bits per heavy atom. The summed E-state index contributed by atoms with van der Waals surface area (Å²) in [5.74, 6) is 0.703. The fourth-order valence-electron chi connectivity index (χ4n) is 2.67. The highest BCUT2D eigenvalue weighted by Gasteiger charge is 2.23. The van der Waals surface area contributed by atoms with Gasteiger partial charge in [-0.25, -0.2) is 4.98 Å². The molecule has 0 spiro atoms. The Kier molecular flexibility index (Phi) is 3.65. The van der Waals surface area contributed by atoms with Crippen LogP contribution in [0.25, 0.3) is 5.69 Å². The first-order chi connectivity index (χ1) is 9.40. The monoisotopic (exact) mass is 255 g/mol. The van der Waals surface area contributed by atoms with Crippen molar-refractivity contribution in [3.05, 3.63) is 48.0 Å². The smallest absolute Gasteiger partial charge is 0.0994 e. The average Bonchev–Trinajstić information content (AvgIpc) is 2.83. The Morgan fingerprint density at radius 2 is 2.16 bits per heavy atom. The van der Waals surface area contributed by atoms with E-state index in [-0.39, 0.29) is 0 Å². The van der Waals surface area contributed by atoms with Crippen LogP contribution in [-0.2, 0) is 6.54 Å². The minimum atomic E-state index is 0.703. The molecule has 0 amide bonds. The largest absolute Gasteiger partial charge is 0.313 e. The third kappa shape index (κ3) is 2.43. The number of nitrogens with one attached hydrogen (secondary N) is 1. The van der Waals surface area contributed by atoms with Crippen molar-refractivity contribution in [2.75, 3.05) is 6.54 Å². The van der Waals surface area contributed by atoms with Gasteiger partial charge in [0.1, 0.15) is 0 Å². The van der Waals surface area contributed by atoms with Gasteiger partial charge >= 0.3 is 0 Å². The summed E-state index contributed by atoms with van der Waals surface area (Å²) in [5.41, 5.74) is 3.97. The molecule has 3 heteroatoms. The summed E-state index contributed by atoms with van der Waals surface area (Å²) in [4.78, 5) is 4.37. The van der Waals surface area contributed by atoms with E-state index in [1.807, 2.05) is 12.5 Å². The quantitative estimate of drug-likeness (QED) is 0.888. The second kappa shape index (κ2) is 5.57. The standard InChI is InChI=1S/C16H21N3/c1-2-17-10-14-6-3-4-9-15(14)19-12-18-11-16(19)13-7-5-8-13/h3-4,6,9,11-13,17H,2,5,7-8,10H2,1H3. The molecule has 0 saturated heterocycles. The minimum Gasteiger partial charge on any atom is -0.313 e. The summed E-state index contributed by atoms with van der Waals surface area (Å²) in [6.07, 6.45) is 7.96. The molecule has 19 heavy (non-hydrogen) atoms. The molecule has 2 aromatic rings. The lowest BCUT2D eigenvalue weighted by atomic mass is 9.83. The van der Waals surface area contributed by atoms with Crippen molar-refractivity contribution in [2.24, 2.45) is 0 Å². The summed E-state index contributed by atoms with van der Waals surface area (Å²) < 4.78 is 2.27. The van der Waals surface area contributed by atoms with Crippen LogP contribution in [0, 0.1) is 0 Å². The van der Waals surface area contributed by atoms with Crippen LogP contribution in [-0.4, -0.2) is 16.1 Å². The Morgan fingerprint density at radius 3 is 2.89 bits per heavy atom. The van der Waals surface area contributed by atoms with E-state index in [9.17, 15) is 0 Å². The van der Waals surface area contributed by atoms with Crippen molar-refractivity contribution in [3.8, 4) is 5.69 Å². The molecule has 1 aromatic carbocycles. The number of hydrogen-bond donors (Lipinski definition) is 1. The van der Waals surface area contributed by atoms with Crippen LogP contribution in [0.3, 0.4) is 0 Å². The number of nitrogens with zero attached hydrogens (tertiary/aromatic N) is 2. The van der Waals surface area contributed by atoms with Crippen LogP contribution in [0.5, 0.6) is 0 Å². The van der Waals surface area contributed by atoms with Gasteiger partial charge in [-0.3, -0.25) is 0 Å². The molecule has 1 aromatic heterocycles. The first kappa shape index (κ1) is 12.4. The van der Waals surface area contributed by atoms with E-state index in [1.54, 1.807) is 0 Å². The molecule has 0 radical (unpaired) electrons. The zero-order valence-electron chi connectivity index (χ0n) is 11.5. The molecule has 3 nitrogen and oxygen atoms in total. The first-order valence-corrected chi connectivity index (χ1v) is 7.21. The molecular weight excluding hydrogens is 234 g/mol. The number of imidazole rings is 1. The molecule has 0 aliphatic heterocycles. The van der Waals surface area contributed by atoms with E-state index in [2.05, 4.69) is 46.1 Å². The molecule has 1 aliphatic rings. The normalized spacial score (nSPS) is 15.4. The lowest BCUT2D eigenvalue weighted by Gasteiger charge is -2.26. The molecule has 0 atom stereocenters. The highest BCUT2D eigenvalue weighted by Crippen LogP contribution is 2.37. The number of rotatable bonds is 5. The van der Waals surface area contributed by atoms with Gasteiger partial charge in [0.25, 0.3) is 0 Å². The number of para-hydroxylation sites is 1. The molecule has 1 heterocycles. The molecule has 100 valence electrons. The fraction of sp³-hybridized carbons (Fsp3) is 0.438. The predicted molar refractivity (Wildman–Crippen MR) is 77.5 cm³/mol. The van der Waals surface area contributed by atoms with Gasteiger partial charge in [-0.1, -0.05) is 31.5 Å². The van der Waals surface area contributed by atoms with E-state index >= 15 is 0 Å². The third-order valence-electron chi connectivity index (χ3n) is 4.01. The van der Waals surface area contributed by atoms with Crippen molar-refractivity contribution >= 4 is 0 Å². The Balaban J connectivity index is 1.95. The van der Waals surface area contributed by atoms with E-state index in [1.165, 1.54) is 36.2 Å². The molecular formula is C16H21N3. The van der Waals surface area contributed by atoms with E-state index < -0.39 is 0 Å². The van der Waals surface area contributed by atoms with Crippen molar-refractivity contribution in [2.45, 2.75) is 38.6 Å². The van der Waals surface area contributed by atoms with Crippen molar-refractivity contribution in [1.82, 2.24) is 14.9 Å². The minimum absolute atomic E-state index is 0.703. The van der Waals surface area contributed by atoms with Gasteiger partial charge in [0.15, 0.2) is 0 Å². The van der Waals surface area contributed by atoms with Gasteiger partial charge in [-0.2, -0.15) is 0 Å². The number of aromatic nitrogens is 2. The maximum absolute atomic E-state index is 4.37. The van der Waals surface area contributed by atoms with Crippen LogP contribution in [0.4, 0.5) is 0 Å². The predicted octanol–water partition coefficient (Wildman–Crippen LogP) is 3.25. The van der Waals surface area contributed by atoms with Gasteiger partial charge < -0.3 is 9.88 Å². The van der Waals surface area contributed by atoms with Crippen LogP contribution in [0.2, 0.25) is 0 Å². The molecule has 0 unspecified atom stereocenters. The van der Waals surface area contributed by atoms with Crippen molar-refractivity contribution in [3.63, 3.8) is 0 Å². The molecule has 1 saturated carbocycles. The molecule has 0 bridgehead atoms. The maximum atomic E-state index is 4.37. The number of hydrogen-bond acceptors (Lipinski definition) is 2. The average molecular weight is 255 g/mol. The highest BCUT2D eigenvalue weighted by molar-refractivity contribution is 5.43. The van der Waals surface area contributed by atoms with Gasteiger partial charge in [0.05, 0.1) is 12.0 Å². The molecule has 1 aliphatic carbocycles. The van der Waals surface area contributed by atoms with Gasteiger partial charge in [0.2, 0.25) is 0 Å². The SMILES string of the molecule is CCNCc1ccccc1-n1cncc1C1CCC1. The van der Waals surface area contributed by atoms with Crippen molar-refractivity contribution in [1.29, 1.82) is 0 Å². The van der Waals surface area contributed by atoms with E-state index in [4.69, 9.17) is 0 Å². The Hall–Kier alpha value is -1.61. The van der Waals surface area contributed by atoms with Crippen LogP contribution >= 0.6 is 0 Å². The lowest BCUT2D eigenvalue weighted by molar-refractivity contribution is 0.406. The van der Waals surface area contributed by atoms with Gasteiger partial charge in [-0.15, -0.1) is 0 Å². The Bertz CT molecular complexity index is 540. The van der Waals surface area contributed by atoms with E-state index in [0.717, 1.165) is 13.1 Å². The van der Waals surface area contributed by atoms with Crippen LogP contribution in [0.15, 0.2) is 36.8 Å². The zero-order valence-corrected chi connectivity index (χ0v) is 11.5.